The highest BCUT2D eigenvalue weighted by Gasteiger charge is 2.34. The van der Waals surface area contributed by atoms with E-state index < -0.39 is 9.84 Å². The van der Waals surface area contributed by atoms with Gasteiger partial charge in [0, 0.05) is 18.0 Å². The van der Waals surface area contributed by atoms with Crippen LogP contribution in [-0.4, -0.2) is 55.4 Å². The number of carbonyl (C=O) groups is 1. The van der Waals surface area contributed by atoms with Gasteiger partial charge < -0.3 is 9.64 Å². The fourth-order valence-corrected chi connectivity index (χ4v) is 4.82. The number of rotatable bonds is 4. The Labute approximate surface area is 141 Å². The van der Waals surface area contributed by atoms with Crippen LogP contribution in [0.5, 0.6) is 5.75 Å². The molecule has 2 aromatic rings. The van der Waals surface area contributed by atoms with Gasteiger partial charge in [-0.3, -0.25) is 4.79 Å². The van der Waals surface area contributed by atoms with Gasteiger partial charge in [-0.25, -0.2) is 13.4 Å². The van der Waals surface area contributed by atoms with Crippen LogP contribution in [0.1, 0.15) is 23.8 Å². The van der Waals surface area contributed by atoms with Crippen molar-refractivity contribution in [1.82, 2.24) is 9.88 Å². The molecule has 1 saturated heterocycles. The van der Waals surface area contributed by atoms with Gasteiger partial charge in [-0.15, -0.1) is 0 Å². The third-order valence-corrected chi connectivity index (χ3v) is 6.12. The molecular formula is C17H20N2O4S. The van der Waals surface area contributed by atoms with E-state index in [0.29, 0.717) is 24.2 Å². The number of fused-ring (bicyclic) bond motifs is 1. The molecule has 1 aromatic heterocycles. The molecule has 24 heavy (non-hydrogen) atoms. The van der Waals surface area contributed by atoms with Crippen LogP contribution in [0.25, 0.3) is 10.9 Å². The van der Waals surface area contributed by atoms with Gasteiger partial charge in [0.15, 0.2) is 9.84 Å². The Morgan fingerprint density at radius 3 is 2.75 bits per heavy atom. The zero-order valence-electron chi connectivity index (χ0n) is 13.7. The van der Waals surface area contributed by atoms with E-state index in [1.54, 1.807) is 30.2 Å². The molecule has 7 heteroatoms. The summed E-state index contributed by atoms with van der Waals surface area (Å²) in [5, 5.41) is 0.886. The van der Waals surface area contributed by atoms with E-state index in [9.17, 15) is 13.2 Å². The van der Waals surface area contributed by atoms with Crippen molar-refractivity contribution in [1.29, 1.82) is 0 Å². The summed E-state index contributed by atoms with van der Waals surface area (Å²) < 4.78 is 28.6. The maximum atomic E-state index is 12.8. The third-order valence-electron chi connectivity index (χ3n) is 4.37. The lowest BCUT2D eigenvalue weighted by Gasteiger charge is -2.26. The summed E-state index contributed by atoms with van der Waals surface area (Å²) in [5.41, 5.74) is 1.04. The van der Waals surface area contributed by atoms with E-state index in [2.05, 4.69) is 4.98 Å². The summed E-state index contributed by atoms with van der Waals surface area (Å²) in [7, 11) is -1.44. The fraction of sp³-hybridized carbons (Fsp3) is 0.412. The normalized spacial score (nSPS) is 19.3. The molecule has 2 heterocycles. The van der Waals surface area contributed by atoms with Crippen molar-refractivity contribution in [3.8, 4) is 5.75 Å². The van der Waals surface area contributed by atoms with Crippen LogP contribution in [0.3, 0.4) is 0 Å². The van der Waals surface area contributed by atoms with E-state index in [-0.39, 0.29) is 23.5 Å². The molecule has 0 aliphatic carbocycles. The van der Waals surface area contributed by atoms with Crippen molar-refractivity contribution in [2.24, 2.45) is 0 Å². The maximum Gasteiger partial charge on any atom is 0.272 e. The van der Waals surface area contributed by atoms with Gasteiger partial charge in [-0.1, -0.05) is 6.07 Å². The van der Waals surface area contributed by atoms with Crippen LogP contribution >= 0.6 is 0 Å². The lowest BCUT2D eigenvalue weighted by atomic mass is 10.1. The number of aromatic nitrogens is 1. The third kappa shape index (κ3) is 3.21. The van der Waals surface area contributed by atoms with Gasteiger partial charge in [0.1, 0.15) is 11.4 Å². The molecule has 0 spiro atoms. The highest BCUT2D eigenvalue weighted by atomic mass is 32.2. The van der Waals surface area contributed by atoms with Crippen molar-refractivity contribution in [3.63, 3.8) is 0 Å². The molecule has 1 aromatic carbocycles. The Hall–Kier alpha value is -2.15. The molecule has 1 unspecified atom stereocenters. The SMILES string of the molecule is CCN(C(=O)c1ccc2cc(OC)ccc2n1)C1CCS(=O)(=O)C1. The van der Waals surface area contributed by atoms with E-state index in [4.69, 9.17) is 4.74 Å². The smallest absolute Gasteiger partial charge is 0.272 e. The Kier molecular flexibility index (Phi) is 4.45. The quantitative estimate of drug-likeness (QED) is 0.843. The summed E-state index contributed by atoms with van der Waals surface area (Å²) >= 11 is 0. The molecule has 1 aliphatic rings. The first-order valence-corrected chi connectivity index (χ1v) is 9.72. The summed E-state index contributed by atoms with van der Waals surface area (Å²) in [6, 6.07) is 8.71. The average molecular weight is 348 g/mol. The Balaban J connectivity index is 1.89. The second-order valence-corrected chi connectivity index (χ2v) is 8.13. The first-order valence-electron chi connectivity index (χ1n) is 7.89. The lowest BCUT2D eigenvalue weighted by Crippen LogP contribution is -2.41. The Bertz CT molecular complexity index is 879. The molecule has 0 bridgehead atoms. The van der Waals surface area contributed by atoms with Crippen molar-refractivity contribution in [3.05, 3.63) is 36.0 Å². The molecule has 128 valence electrons. The molecule has 1 fully saturated rings. The number of methoxy groups -OCH3 is 1. The first kappa shape index (κ1) is 16.7. The molecule has 6 nitrogen and oxygen atoms in total. The van der Waals surface area contributed by atoms with Gasteiger partial charge in [-0.05, 0) is 37.6 Å². The molecule has 3 rings (SSSR count). The second-order valence-electron chi connectivity index (χ2n) is 5.90. The number of pyridine rings is 1. The van der Waals surface area contributed by atoms with Crippen LogP contribution in [-0.2, 0) is 9.84 Å². The number of benzene rings is 1. The van der Waals surface area contributed by atoms with E-state index >= 15 is 0 Å². The number of amides is 1. The fourth-order valence-electron chi connectivity index (χ4n) is 3.09. The highest BCUT2D eigenvalue weighted by molar-refractivity contribution is 7.91. The molecule has 0 saturated carbocycles. The minimum absolute atomic E-state index is 0.0390. The minimum Gasteiger partial charge on any atom is -0.497 e. The summed E-state index contributed by atoms with van der Waals surface area (Å²) in [6.07, 6.45) is 0.493. The monoisotopic (exact) mass is 348 g/mol. The van der Waals surface area contributed by atoms with Crippen molar-refractivity contribution < 1.29 is 17.9 Å². The number of carbonyl (C=O) groups excluding carboxylic acids is 1. The van der Waals surface area contributed by atoms with Crippen LogP contribution in [0, 0.1) is 0 Å². The van der Waals surface area contributed by atoms with E-state index in [0.717, 1.165) is 11.1 Å². The zero-order valence-corrected chi connectivity index (χ0v) is 14.5. The summed E-state index contributed by atoms with van der Waals surface area (Å²) in [4.78, 5) is 18.8. The van der Waals surface area contributed by atoms with Gasteiger partial charge >= 0.3 is 0 Å². The summed E-state index contributed by atoms with van der Waals surface area (Å²) in [5.74, 6) is 0.691. The van der Waals surface area contributed by atoms with Gasteiger partial charge in [0.05, 0.1) is 24.1 Å². The number of hydrogen-bond acceptors (Lipinski definition) is 5. The molecule has 1 atom stereocenters. The number of ether oxygens (including phenoxy) is 1. The van der Waals surface area contributed by atoms with Crippen molar-refractivity contribution in [2.45, 2.75) is 19.4 Å². The Morgan fingerprint density at radius 2 is 2.12 bits per heavy atom. The standard InChI is InChI=1S/C17H20N2O4S/c1-3-19(13-8-9-24(21,22)11-13)17(20)16-6-4-12-10-14(23-2)5-7-15(12)18-16/h4-7,10,13H,3,8-9,11H2,1-2H3. The molecule has 0 radical (unpaired) electrons. The van der Waals surface area contributed by atoms with Crippen molar-refractivity contribution >= 4 is 26.6 Å². The van der Waals surface area contributed by atoms with E-state index in [1.807, 2.05) is 19.1 Å². The largest absolute Gasteiger partial charge is 0.497 e. The number of sulfone groups is 1. The first-order chi connectivity index (χ1) is 11.4. The zero-order chi connectivity index (χ0) is 17.3. The average Bonchev–Trinajstić information content (AvgIpc) is 2.94. The molecule has 1 amide bonds. The van der Waals surface area contributed by atoms with Gasteiger partial charge in [-0.2, -0.15) is 0 Å². The van der Waals surface area contributed by atoms with Crippen LogP contribution in [0.4, 0.5) is 0 Å². The number of hydrogen-bond donors (Lipinski definition) is 0. The number of nitrogens with zero attached hydrogens (tertiary/aromatic N) is 2. The predicted octanol–water partition coefficient (Wildman–Crippen LogP) is 1.89. The van der Waals surface area contributed by atoms with Crippen LogP contribution < -0.4 is 4.74 Å². The topological polar surface area (TPSA) is 76.6 Å². The maximum absolute atomic E-state index is 12.8. The summed E-state index contributed by atoms with van der Waals surface area (Å²) in [6.45, 7) is 2.32. The molecule has 0 N–H and O–H groups in total. The van der Waals surface area contributed by atoms with Crippen LogP contribution in [0.15, 0.2) is 30.3 Å². The molecule has 1 aliphatic heterocycles. The van der Waals surface area contributed by atoms with Gasteiger partial charge in [0.2, 0.25) is 0 Å². The predicted molar refractivity (Wildman–Crippen MR) is 92.1 cm³/mol. The van der Waals surface area contributed by atoms with Gasteiger partial charge in [0.25, 0.3) is 5.91 Å². The Morgan fingerprint density at radius 1 is 1.33 bits per heavy atom. The van der Waals surface area contributed by atoms with Crippen molar-refractivity contribution in [2.75, 3.05) is 25.2 Å². The lowest BCUT2D eigenvalue weighted by molar-refractivity contribution is 0.0703. The van der Waals surface area contributed by atoms with Crippen LogP contribution in [0.2, 0.25) is 0 Å². The molecular weight excluding hydrogens is 328 g/mol. The van der Waals surface area contributed by atoms with E-state index in [1.165, 1.54) is 0 Å². The minimum atomic E-state index is -3.04. The second kappa shape index (κ2) is 6.39. The highest BCUT2D eigenvalue weighted by Crippen LogP contribution is 2.22.